The van der Waals surface area contributed by atoms with Crippen molar-refractivity contribution >= 4 is 43.2 Å². The maximum Gasteiger partial charge on any atom is 0.0615 e. The molecule has 1 nitrogen and oxygen atoms in total. The molecule has 84 valence electrons. The van der Waals surface area contributed by atoms with Gasteiger partial charge in [-0.3, -0.25) is 0 Å². The highest BCUT2D eigenvalue weighted by molar-refractivity contribution is 9.10. The third-order valence-corrected chi connectivity index (χ3v) is 6.06. The Labute approximate surface area is 111 Å². The Morgan fingerprint density at radius 1 is 1.67 bits per heavy atom. The molecule has 0 N–H and O–H groups in total. The molecule has 2 unspecified atom stereocenters. The smallest absolute Gasteiger partial charge is 0.0615 e. The van der Waals surface area contributed by atoms with Crippen LogP contribution in [-0.4, -0.2) is 18.0 Å². The van der Waals surface area contributed by atoms with Gasteiger partial charge in [-0.1, -0.05) is 15.9 Å². The zero-order valence-electron chi connectivity index (χ0n) is 8.63. The van der Waals surface area contributed by atoms with Gasteiger partial charge >= 0.3 is 0 Å². The second-order valence-electron chi connectivity index (χ2n) is 4.17. The van der Waals surface area contributed by atoms with Gasteiger partial charge in [-0.15, -0.1) is 11.3 Å². The van der Waals surface area contributed by atoms with Gasteiger partial charge in [-0.25, -0.2) is 0 Å². The number of ether oxygens (including phenoxy) is 1. The molecule has 0 spiro atoms. The van der Waals surface area contributed by atoms with E-state index in [9.17, 15) is 0 Å². The lowest BCUT2D eigenvalue weighted by Gasteiger charge is -2.29. The molecule has 2 heterocycles. The van der Waals surface area contributed by atoms with E-state index in [4.69, 9.17) is 4.74 Å². The zero-order valence-corrected chi connectivity index (χ0v) is 12.6. The number of halogens is 2. The van der Waals surface area contributed by atoms with Gasteiger partial charge in [0.1, 0.15) is 0 Å². The van der Waals surface area contributed by atoms with Gasteiger partial charge < -0.3 is 4.74 Å². The third-order valence-electron chi connectivity index (χ3n) is 3.24. The number of hydrogen-bond donors (Lipinski definition) is 0. The summed E-state index contributed by atoms with van der Waals surface area (Å²) in [5.74, 6) is 0. The van der Waals surface area contributed by atoms with Gasteiger partial charge in [0.05, 0.1) is 6.10 Å². The number of rotatable bonds is 3. The molecule has 0 bridgehead atoms. The molecule has 1 aliphatic rings. The molecule has 0 saturated carbocycles. The average molecular weight is 354 g/mol. The molecule has 0 aromatic carbocycles. The van der Waals surface area contributed by atoms with Crippen LogP contribution < -0.4 is 0 Å². The fourth-order valence-corrected chi connectivity index (χ4v) is 4.61. The van der Waals surface area contributed by atoms with Crippen LogP contribution in [-0.2, 0) is 11.2 Å². The predicted molar refractivity (Wildman–Crippen MR) is 72.0 cm³/mol. The molecular weight excluding hydrogens is 340 g/mol. The zero-order chi connectivity index (χ0) is 10.9. The Balaban J connectivity index is 2.14. The third kappa shape index (κ3) is 2.48. The van der Waals surface area contributed by atoms with Crippen molar-refractivity contribution in [2.75, 3.05) is 11.9 Å². The molecule has 1 aliphatic heterocycles. The summed E-state index contributed by atoms with van der Waals surface area (Å²) in [5.41, 5.74) is 0.296. The first kappa shape index (κ1) is 12.1. The minimum absolute atomic E-state index is 0.296. The van der Waals surface area contributed by atoms with Gasteiger partial charge in [0, 0.05) is 32.1 Å². The van der Waals surface area contributed by atoms with Crippen molar-refractivity contribution in [1.82, 2.24) is 0 Å². The van der Waals surface area contributed by atoms with Crippen molar-refractivity contribution in [3.63, 3.8) is 0 Å². The molecule has 4 heteroatoms. The van der Waals surface area contributed by atoms with E-state index >= 15 is 0 Å². The molecule has 0 radical (unpaired) electrons. The molecule has 2 rings (SSSR count). The van der Waals surface area contributed by atoms with Gasteiger partial charge in [0.25, 0.3) is 0 Å². The van der Waals surface area contributed by atoms with Crippen LogP contribution >= 0.6 is 43.2 Å². The Hall–Kier alpha value is 0.620. The van der Waals surface area contributed by atoms with Crippen LogP contribution in [0.1, 0.15) is 18.2 Å². The number of alkyl halides is 1. The first-order valence-electron chi connectivity index (χ1n) is 5.07. The topological polar surface area (TPSA) is 9.23 Å². The summed E-state index contributed by atoms with van der Waals surface area (Å²) >= 11 is 8.98. The van der Waals surface area contributed by atoms with Crippen molar-refractivity contribution in [2.24, 2.45) is 5.41 Å². The monoisotopic (exact) mass is 352 g/mol. The lowest BCUT2D eigenvalue weighted by molar-refractivity contribution is 0.0750. The molecular formula is C11H14Br2OS. The lowest BCUT2D eigenvalue weighted by atomic mass is 9.80. The van der Waals surface area contributed by atoms with Crippen LogP contribution in [0.2, 0.25) is 0 Å². The second-order valence-corrected chi connectivity index (χ2v) is 6.64. The molecule has 1 aromatic rings. The average Bonchev–Trinajstić information content (AvgIpc) is 2.76. The summed E-state index contributed by atoms with van der Waals surface area (Å²) in [5, 5.41) is 3.18. The number of hydrogen-bond acceptors (Lipinski definition) is 2. The Kier molecular flexibility index (Phi) is 3.92. The van der Waals surface area contributed by atoms with Crippen LogP contribution in [0, 0.1) is 5.41 Å². The molecule has 1 saturated heterocycles. The van der Waals surface area contributed by atoms with Crippen LogP contribution in [0.4, 0.5) is 0 Å². The standard InChI is InChI=1S/C11H14Br2OS/c1-8-11(7-12,2-3-14-8)5-10-4-9(13)6-15-10/h4,6,8H,2-3,5,7H2,1H3. The van der Waals surface area contributed by atoms with Crippen LogP contribution in [0.25, 0.3) is 0 Å². The Morgan fingerprint density at radius 3 is 2.93 bits per heavy atom. The molecule has 1 fully saturated rings. The summed E-state index contributed by atoms with van der Waals surface area (Å²) in [7, 11) is 0. The van der Waals surface area contributed by atoms with Crippen molar-refractivity contribution in [3.05, 3.63) is 20.8 Å². The van der Waals surface area contributed by atoms with E-state index in [0.29, 0.717) is 11.5 Å². The van der Waals surface area contributed by atoms with Crippen LogP contribution in [0.3, 0.4) is 0 Å². The van der Waals surface area contributed by atoms with E-state index < -0.39 is 0 Å². The van der Waals surface area contributed by atoms with E-state index in [2.05, 4.69) is 50.2 Å². The van der Waals surface area contributed by atoms with Gasteiger partial charge in [0.2, 0.25) is 0 Å². The van der Waals surface area contributed by atoms with Gasteiger partial charge in [-0.2, -0.15) is 0 Å². The highest BCUT2D eigenvalue weighted by Gasteiger charge is 2.40. The van der Waals surface area contributed by atoms with E-state index in [1.165, 1.54) is 9.35 Å². The summed E-state index contributed by atoms with van der Waals surface area (Å²) < 4.78 is 6.89. The predicted octanol–water partition coefficient (Wildman–Crippen LogP) is 4.24. The minimum atomic E-state index is 0.296. The summed E-state index contributed by atoms with van der Waals surface area (Å²) in [4.78, 5) is 1.44. The normalized spacial score (nSPS) is 31.0. The van der Waals surface area contributed by atoms with Gasteiger partial charge in [-0.05, 0) is 41.8 Å². The highest BCUT2D eigenvalue weighted by atomic mass is 79.9. The quantitative estimate of drug-likeness (QED) is 0.738. The Morgan fingerprint density at radius 2 is 2.47 bits per heavy atom. The lowest BCUT2D eigenvalue weighted by Crippen LogP contribution is -2.32. The maximum atomic E-state index is 5.70. The first-order chi connectivity index (χ1) is 7.16. The largest absolute Gasteiger partial charge is 0.378 e. The Bertz CT molecular complexity index is 339. The van der Waals surface area contributed by atoms with Gasteiger partial charge in [0.15, 0.2) is 0 Å². The van der Waals surface area contributed by atoms with Crippen LogP contribution in [0.5, 0.6) is 0 Å². The number of thiophene rings is 1. The van der Waals surface area contributed by atoms with Crippen molar-refractivity contribution < 1.29 is 4.74 Å². The van der Waals surface area contributed by atoms with Crippen molar-refractivity contribution in [2.45, 2.75) is 25.9 Å². The minimum Gasteiger partial charge on any atom is -0.378 e. The molecule has 0 amide bonds. The summed E-state index contributed by atoms with van der Waals surface area (Å²) in [6, 6.07) is 2.22. The van der Waals surface area contributed by atoms with Crippen molar-refractivity contribution in [1.29, 1.82) is 0 Å². The summed E-state index contributed by atoms with van der Waals surface area (Å²) in [6.07, 6.45) is 2.64. The fraction of sp³-hybridized carbons (Fsp3) is 0.636. The molecule has 15 heavy (non-hydrogen) atoms. The highest BCUT2D eigenvalue weighted by Crippen LogP contribution is 2.41. The SMILES string of the molecule is CC1OCCC1(CBr)Cc1cc(Br)cs1. The van der Waals surface area contributed by atoms with Crippen LogP contribution in [0.15, 0.2) is 15.9 Å². The molecule has 2 atom stereocenters. The second kappa shape index (κ2) is 4.86. The fourth-order valence-electron chi connectivity index (χ4n) is 2.07. The van der Waals surface area contributed by atoms with E-state index in [1.807, 2.05) is 11.3 Å². The summed E-state index contributed by atoms with van der Waals surface area (Å²) in [6.45, 7) is 3.09. The molecule has 1 aromatic heterocycles. The van der Waals surface area contributed by atoms with E-state index in [1.54, 1.807) is 0 Å². The first-order valence-corrected chi connectivity index (χ1v) is 7.86. The molecule has 0 aliphatic carbocycles. The van der Waals surface area contributed by atoms with E-state index in [-0.39, 0.29) is 0 Å². The van der Waals surface area contributed by atoms with E-state index in [0.717, 1.165) is 24.8 Å². The van der Waals surface area contributed by atoms with Crippen molar-refractivity contribution in [3.8, 4) is 0 Å². The maximum absolute atomic E-state index is 5.70.